The highest BCUT2D eigenvalue weighted by atomic mass is 32.2. The molecule has 0 bridgehead atoms. The van der Waals surface area contributed by atoms with Crippen molar-refractivity contribution >= 4 is 10.0 Å². The molecule has 1 aliphatic rings. The van der Waals surface area contributed by atoms with E-state index >= 15 is 0 Å². The van der Waals surface area contributed by atoms with Gasteiger partial charge in [-0.05, 0) is 31.6 Å². The summed E-state index contributed by atoms with van der Waals surface area (Å²) >= 11 is 0. The van der Waals surface area contributed by atoms with Gasteiger partial charge < -0.3 is 5.11 Å². The standard InChI is InChI=1S/C10H21NO3S/c12-7-3-4-8-15(13,14)11-9-10-5-1-2-6-10/h10-12H,1-9H2. The van der Waals surface area contributed by atoms with Crippen LogP contribution in [-0.4, -0.2) is 32.4 Å². The van der Waals surface area contributed by atoms with Gasteiger partial charge in [0, 0.05) is 13.2 Å². The summed E-state index contributed by atoms with van der Waals surface area (Å²) in [6.45, 7) is 0.666. The predicted molar refractivity (Wildman–Crippen MR) is 60.1 cm³/mol. The van der Waals surface area contributed by atoms with E-state index in [4.69, 9.17) is 5.11 Å². The molecule has 1 rings (SSSR count). The van der Waals surface area contributed by atoms with Gasteiger partial charge in [0.05, 0.1) is 5.75 Å². The maximum Gasteiger partial charge on any atom is 0.211 e. The monoisotopic (exact) mass is 235 g/mol. The Morgan fingerprint density at radius 1 is 1.20 bits per heavy atom. The van der Waals surface area contributed by atoms with Crippen molar-refractivity contribution in [2.24, 2.45) is 5.92 Å². The van der Waals surface area contributed by atoms with Crippen molar-refractivity contribution < 1.29 is 13.5 Å². The molecule has 0 heterocycles. The number of aliphatic hydroxyl groups is 1. The minimum atomic E-state index is -3.10. The quantitative estimate of drug-likeness (QED) is 0.643. The van der Waals surface area contributed by atoms with Crippen LogP contribution in [-0.2, 0) is 10.0 Å². The summed E-state index contributed by atoms with van der Waals surface area (Å²) in [6.07, 6.45) is 5.87. The van der Waals surface area contributed by atoms with E-state index in [1.54, 1.807) is 0 Å². The fourth-order valence-electron chi connectivity index (χ4n) is 1.94. The van der Waals surface area contributed by atoms with Crippen LogP contribution in [0.25, 0.3) is 0 Å². The lowest BCUT2D eigenvalue weighted by Crippen LogP contribution is -2.30. The summed E-state index contributed by atoms with van der Waals surface area (Å²) in [5.41, 5.74) is 0. The summed E-state index contributed by atoms with van der Waals surface area (Å²) in [7, 11) is -3.10. The van der Waals surface area contributed by atoms with E-state index in [9.17, 15) is 8.42 Å². The van der Waals surface area contributed by atoms with Crippen molar-refractivity contribution in [3.05, 3.63) is 0 Å². The Balaban J connectivity index is 2.17. The highest BCUT2D eigenvalue weighted by Crippen LogP contribution is 2.23. The molecule has 1 aliphatic carbocycles. The van der Waals surface area contributed by atoms with Crippen LogP contribution >= 0.6 is 0 Å². The number of rotatable bonds is 7. The molecule has 4 nitrogen and oxygen atoms in total. The zero-order valence-corrected chi connectivity index (χ0v) is 9.93. The number of unbranched alkanes of at least 4 members (excludes halogenated alkanes) is 1. The highest BCUT2D eigenvalue weighted by molar-refractivity contribution is 7.89. The Labute approximate surface area is 92.1 Å². The van der Waals surface area contributed by atoms with Crippen molar-refractivity contribution in [3.8, 4) is 0 Å². The molecule has 0 unspecified atom stereocenters. The van der Waals surface area contributed by atoms with Gasteiger partial charge in [-0.3, -0.25) is 0 Å². The lowest BCUT2D eigenvalue weighted by Gasteiger charge is -2.10. The molecular formula is C10H21NO3S. The molecule has 1 fully saturated rings. The third-order valence-corrected chi connectivity index (χ3v) is 4.32. The van der Waals surface area contributed by atoms with E-state index in [2.05, 4.69) is 4.72 Å². The van der Waals surface area contributed by atoms with Crippen LogP contribution < -0.4 is 4.72 Å². The number of sulfonamides is 1. The van der Waals surface area contributed by atoms with Gasteiger partial charge in [0.1, 0.15) is 0 Å². The van der Waals surface area contributed by atoms with Gasteiger partial charge in [0.25, 0.3) is 0 Å². The van der Waals surface area contributed by atoms with E-state index in [-0.39, 0.29) is 12.4 Å². The number of hydrogen-bond acceptors (Lipinski definition) is 3. The first-order valence-electron chi connectivity index (χ1n) is 5.72. The maximum atomic E-state index is 11.5. The lowest BCUT2D eigenvalue weighted by atomic mass is 10.1. The minimum Gasteiger partial charge on any atom is -0.396 e. The fourth-order valence-corrected chi connectivity index (χ4v) is 3.15. The van der Waals surface area contributed by atoms with Crippen LogP contribution in [0.4, 0.5) is 0 Å². The van der Waals surface area contributed by atoms with Gasteiger partial charge in [-0.15, -0.1) is 0 Å². The molecule has 0 atom stereocenters. The molecule has 0 aromatic carbocycles. The van der Waals surface area contributed by atoms with Gasteiger partial charge >= 0.3 is 0 Å². The lowest BCUT2D eigenvalue weighted by molar-refractivity contribution is 0.287. The Hall–Kier alpha value is -0.130. The third kappa shape index (κ3) is 5.49. The molecule has 1 saturated carbocycles. The largest absolute Gasteiger partial charge is 0.396 e. The van der Waals surface area contributed by atoms with Gasteiger partial charge in [-0.1, -0.05) is 12.8 Å². The Morgan fingerprint density at radius 2 is 1.87 bits per heavy atom. The first-order valence-corrected chi connectivity index (χ1v) is 7.37. The van der Waals surface area contributed by atoms with Crippen LogP contribution in [0.1, 0.15) is 38.5 Å². The SMILES string of the molecule is O=S(=O)(CCCCO)NCC1CCCC1. The average molecular weight is 235 g/mol. The molecule has 0 amide bonds. The van der Waals surface area contributed by atoms with Crippen LogP contribution in [0, 0.1) is 5.92 Å². The van der Waals surface area contributed by atoms with Crippen LogP contribution in [0.2, 0.25) is 0 Å². The molecule has 0 spiro atoms. The summed E-state index contributed by atoms with van der Waals surface area (Å²) in [6, 6.07) is 0. The van der Waals surface area contributed by atoms with Crippen LogP contribution in [0.15, 0.2) is 0 Å². The van der Waals surface area contributed by atoms with E-state index in [1.807, 2.05) is 0 Å². The second-order valence-corrected chi connectivity index (χ2v) is 6.17. The molecule has 0 aromatic rings. The van der Waals surface area contributed by atoms with Crippen LogP contribution in [0.3, 0.4) is 0 Å². The average Bonchev–Trinajstić information content (AvgIpc) is 2.68. The molecular weight excluding hydrogens is 214 g/mol. The molecule has 0 aromatic heterocycles. The van der Waals surface area contributed by atoms with E-state index in [0.717, 1.165) is 12.8 Å². The summed E-state index contributed by atoms with van der Waals surface area (Å²) < 4.78 is 25.6. The van der Waals surface area contributed by atoms with Gasteiger partial charge in [-0.2, -0.15) is 0 Å². The third-order valence-electron chi connectivity index (χ3n) is 2.89. The first kappa shape index (κ1) is 12.9. The van der Waals surface area contributed by atoms with Gasteiger partial charge in [0.2, 0.25) is 10.0 Å². The van der Waals surface area contributed by atoms with Crippen molar-refractivity contribution in [1.29, 1.82) is 0 Å². The Morgan fingerprint density at radius 3 is 2.47 bits per heavy atom. The molecule has 2 N–H and O–H groups in total. The van der Waals surface area contributed by atoms with Crippen molar-refractivity contribution in [3.63, 3.8) is 0 Å². The smallest absolute Gasteiger partial charge is 0.211 e. The Kier molecular flexibility index (Phi) is 5.56. The van der Waals surface area contributed by atoms with Crippen molar-refractivity contribution in [2.45, 2.75) is 38.5 Å². The molecule has 0 radical (unpaired) electrons. The first-order chi connectivity index (χ1) is 7.14. The second kappa shape index (κ2) is 6.45. The van der Waals surface area contributed by atoms with Crippen molar-refractivity contribution in [2.75, 3.05) is 18.9 Å². The minimum absolute atomic E-state index is 0.0676. The fraction of sp³-hybridized carbons (Fsp3) is 1.00. The van der Waals surface area contributed by atoms with Crippen molar-refractivity contribution in [1.82, 2.24) is 4.72 Å². The topological polar surface area (TPSA) is 66.4 Å². The second-order valence-electron chi connectivity index (χ2n) is 4.25. The van der Waals surface area contributed by atoms with E-state index in [1.165, 1.54) is 12.8 Å². The maximum absolute atomic E-state index is 11.5. The zero-order chi connectivity index (χ0) is 11.1. The summed E-state index contributed by atoms with van der Waals surface area (Å²) in [4.78, 5) is 0. The molecule has 90 valence electrons. The summed E-state index contributed by atoms with van der Waals surface area (Å²) in [5, 5.41) is 8.55. The molecule has 15 heavy (non-hydrogen) atoms. The van der Waals surface area contributed by atoms with Crippen LogP contribution in [0.5, 0.6) is 0 Å². The Bertz CT molecular complexity index is 258. The van der Waals surface area contributed by atoms with E-state index < -0.39 is 10.0 Å². The number of hydrogen-bond donors (Lipinski definition) is 2. The predicted octanol–water partition coefficient (Wildman–Crippen LogP) is 0.868. The van der Waals surface area contributed by atoms with Gasteiger partial charge in [0.15, 0.2) is 0 Å². The molecule has 5 heteroatoms. The molecule has 0 aliphatic heterocycles. The van der Waals surface area contributed by atoms with E-state index in [0.29, 0.717) is 25.3 Å². The highest BCUT2D eigenvalue weighted by Gasteiger charge is 2.17. The zero-order valence-electron chi connectivity index (χ0n) is 9.11. The summed E-state index contributed by atoms with van der Waals surface area (Å²) in [5.74, 6) is 0.679. The number of aliphatic hydroxyl groups excluding tert-OH is 1. The number of nitrogens with one attached hydrogen (secondary N) is 1. The van der Waals surface area contributed by atoms with Gasteiger partial charge in [-0.25, -0.2) is 13.1 Å². The normalized spacial score (nSPS) is 18.5. The molecule has 0 saturated heterocycles.